The predicted octanol–water partition coefficient (Wildman–Crippen LogP) is 4.79. The first-order valence-corrected chi connectivity index (χ1v) is 12.8. The van der Waals surface area contributed by atoms with Crippen LogP contribution < -0.4 is 4.74 Å². The molecule has 0 saturated heterocycles. The van der Waals surface area contributed by atoms with Crippen LogP contribution in [-0.4, -0.2) is 59.3 Å². The maximum Gasteiger partial charge on any atom is 0.321 e. The van der Waals surface area contributed by atoms with E-state index in [1.54, 1.807) is 7.11 Å². The Morgan fingerprint density at radius 1 is 1.22 bits per heavy atom. The van der Waals surface area contributed by atoms with Gasteiger partial charge in [-0.05, 0) is 66.1 Å². The minimum Gasteiger partial charge on any atom is -0.497 e. The van der Waals surface area contributed by atoms with Gasteiger partial charge in [-0.2, -0.15) is 0 Å². The Balaban J connectivity index is 1.92. The van der Waals surface area contributed by atoms with Crippen LogP contribution >= 0.6 is 23.8 Å². The van der Waals surface area contributed by atoms with Crippen molar-refractivity contribution >= 4 is 40.9 Å². The number of methoxy groups -OCH3 is 1. The molecule has 1 N–H and O–H groups in total. The quantitative estimate of drug-likeness (QED) is 0.412. The van der Waals surface area contributed by atoms with Crippen LogP contribution in [0.1, 0.15) is 42.4 Å². The van der Waals surface area contributed by atoms with E-state index < -0.39 is 11.2 Å². The normalized spacial score (nSPS) is 19.0. The van der Waals surface area contributed by atoms with Gasteiger partial charge in [-0.15, -0.1) is 11.8 Å². The number of rotatable bonds is 9. The number of hydrogen-bond donors (Lipinski definition) is 1. The number of pyridine rings is 1. The molecule has 2 atom stereocenters. The van der Waals surface area contributed by atoms with Crippen LogP contribution in [-0.2, 0) is 15.4 Å². The molecule has 0 bridgehead atoms. The lowest BCUT2D eigenvalue weighted by molar-refractivity contribution is -0.135. The van der Waals surface area contributed by atoms with Gasteiger partial charge in [0.2, 0.25) is 0 Å². The zero-order valence-corrected chi connectivity index (χ0v) is 20.4. The molecule has 1 aliphatic carbocycles. The number of benzene rings is 1. The van der Waals surface area contributed by atoms with Crippen molar-refractivity contribution in [2.24, 2.45) is 0 Å². The van der Waals surface area contributed by atoms with Crippen LogP contribution in [0, 0.1) is 0 Å². The highest BCUT2D eigenvalue weighted by Crippen LogP contribution is 2.57. The van der Waals surface area contributed by atoms with E-state index in [2.05, 4.69) is 24.8 Å². The number of carbonyl (C=O) groups is 1. The van der Waals surface area contributed by atoms with E-state index >= 15 is 0 Å². The molecule has 1 aliphatic heterocycles. The van der Waals surface area contributed by atoms with E-state index in [9.17, 15) is 9.90 Å². The number of aromatic nitrogens is 1. The molecule has 6 nitrogen and oxygen atoms in total. The van der Waals surface area contributed by atoms with Gasteiger partial charge in [-0.1, -0.05) is 19.9 Å². The fourth-order valence-corrected chi connectivity index (χ4v) is 5.99. The number of likely N-dealkylation sites (N-methyl/N-ethyl adjacent to an activating group) is 1. The lowest BCUT2D eigenvalue weighted by atomic mass is 9.97. The van der Waals surface area contributed by atoms with E-state index in [-0.39, 0.29) is 6.04 Å². The molecule has 2 aromatic rings. The number of hydrogen-bond acceptors (Lipinski definition) is 7. The average molecular weight is 473 g/mol. The second-order valence-corrected chi connectivity index (χ2v) is 9.34. The van der Waals surface area contributed by atoms with Gasteiger partial charge in [0.25, 0.3) is 0 Å². The highest BCUT2D eigenvalue weighted by molar-refractivity contribution is 8.01. The monoisotopic (exact) mass is 472 g/mol. The van der Waals surface area contributed by atoms with E-state index in [1.165, 1.54) is 23.8 Å². The molecule has 170 valence electrons. The van der Waals surface area contributed by atoms with Crippen molar-refractivity contribution in [2.75, 3.05) is 33.1 Å². The van der Waals surface area contributed by atoms with Gasteiger partial charge in [0.1, 0.15) is 11.0 Å². The highest BCUT2D eigenvalue weighted by atomic mass is 32.2. The maximum atomic E-state index is 12.4. The van der Waals surface area contributed by atoms with Crippen molar-refractivity contribution in [3.63, 3.8) is 0 Å². The van der Waals surface area contributed by atoms with Gasteiger partial charge in [0.15, 0.2) is 0 Å². The van der Waals surface area contributed by atoms with Crippen molar-refractivity contribution in [3.8, 4) is 5.75 Å². The topological polar surface area (TPSA) is 71.9 Å². The molecule has 0 spiro atoms. The van der Waals surface area contributed by atoms with Crippen molar-refractivity contribution < 1.29 is 18.8 Å². The summed E-state index contributed by atoms with van der Waals surface area (Å²) in [6.07, 6.45) is 2.61. The molecule has 32 heavy (non-hydrogen) atoms. The van der Waals surface area contributed by atoms with E-state index in [4.69, 9.17) is 13.9 Å². The molecule has 0 fully saturated rings. The van der Waals surface area contributed by atoms with Crippen LogP contribution in [0.15, 0.2) is 35.2 Å². The van der Waals surface area contributed by atoms with Gasteiger partial charge in [-0.25, -0.2) is 0 Å². The van der Waals surface area contributed by atoms with Gasteiger partial charge < -0.3 is 14.0 Å². The number of carboxylic acid groups (broad SMARTS) is 1. The van der Waals surface area contributed by atoms with Crippen molar-refractivity contribution in [2.45, 2.75) is 36.5 Å². The largest absolute Gasteiger partial charge is 0.497 e. The smallest absolute Gasteiger partial charge is 0.321 e. The number of thioether (sulfide) groups is 1. The summed E-state index contributed by atoms with van der Waals surface area (Å²) >= 11 is 2.72. The fraction of sp³-hybridized carbons (Fsp3) is 0.417. The van der Waals surface area contributed by atoms with Crippen LogP contribution in [0.3, 0.4) is 0 Å². The highest BCUT2D eigenvalue weighted by Gasteiger charge is 2.45. The average Bonchev–Trinajstić information content (AvgIpc) is 3.14. The lowest BCUT2D eigenvalue weighted by Crippen LogP contribution is -2.30. The van der Waals surface area contributed by atoms with Crippen LogP contribution in [0.4, 0.5) is 0 Å². The third kappa shape index (κ3) is 4.05. The molecular formula is C24H28N2O4S2. The molecule has 1 aromatic carbocycles. The van der Waals surface area contributed by atoms with Crippen LogP contribution in [0.2, 0.25) is 0 Å². The molecule has 4 rings (SSSR count). The minimum atomic E-state index is -0.826. The number of nitrogens with zero attached hydrogens (tertiary/aromatic N) is 2. The van der Waals surface area contributed by atoms with Crippen molar-refractivity contribution in [1.29, 1.82) is 0 Å². The van der Waals surface area contributed by atoms with Crippen LogP contribution in [0.5, 0.6) is 5.75 Å². The van der Waals surface area contributed by atoms with Gasteiger partial charge >= 0.3 is 5.97 Å². The van der Waals surface area contributed by atoms with Crippen LogP contribution in [0.25, 0.3) is 11.1 Å². The van der Waals surface area contributed by atoms with Crippen molar-refractivity contribution in [1.82, 2.24) is 9.88 Å². The second kappa shape index (κ2) is 9.87. The summed E-state index contributed by atoms with van der Waals surface area (Å²) in [5, 5.41) is 9.47. The number of fused-ring (bicyclic) bond motifs is 4. The van der Waals surface area contributed by atoms with Gasteiger partial charge in [-0.3, -0.25) is 14.7 Å². The summed E-state index contributed by atoms with van der Waals surface area (Å²) in [4.78, 5) is 20.7. The lowest BCUT2D eigenvalue weighted by Gasteiger charge is -2.32. The van der Waals surface area contributed by atoms with E-state index in [1.807, 2.05) is 30.5 Å². The molecule has 2 unspecified atom stereocenters. The number of ether oxygens (including phenoxy) is 1. The first-order valence-electron chi connectivity index (χ1n) is 10.8. The summed E-state index contributed by atoms with van der Waals surface area (Å²) in [5.74, 6) is -0.0519. The molecule has 0 saturated carbocycles. The first kappa shape index (κ1) is 23.2. The Morgan fingerprint density at radius 3 is 2.66 bits per heavy atom. The summed E-state index contributed by atoms with van der Waals surface area (Å²) in [5.41, 5.74) is 5.82. The SMILES string of the molecule is CCN(CC)C1C2=C(c3ccc(OC)cc31)C(C(=O)O)Sc1ccc(CCOSC)nc12. The van der Waals surface area contributed by atoms with Gasteiger partial charge in [0, 0.05) is 28.8 Å². The summed E-state index contributed by atoms with van der Waals surface area (Å²) in [7, 11) is 1.66. The summed E-state index contributed by atoms with van der Waals surface area (Å²) < 4.78 is 11.0. The Labute approximate surface area is 197 Å². The molecule has 0 radical (unpaired) electrons. The standard InChI is InChI=1S/C24H28N2O4S2/c1-5-26(6-2)22-17-13-15(29-3)8-9-16(17)19-20(22)21-18(32-23(19)24(27)28)10-7-14(25-21)11-12-30-31-4/h7-10,13,22-23H,5-6,11-12H2,1-4H3,(H,27,28). The maximum absolute atomic E-state index is 12.4. The Hall–Kier alpha value is -2.00. The van der Waals surface area contributed by atoms with Crippen molar-refractivity contribution in [3.05, 3.63) is 52.8 Å². The van der Waals surface area contributed by atoms with E-state index in [0.717, 1.165) is 57.4 Å². The summed E-state index contributed by atoms with van der Waals surface area (Å²) in [6.45, 7) is 6.55. The second-order valence-electron chi connectivity index (χ2n) is 7.63. The fourth-order valence-electron chi connectivity index (χ4n) is 4.60. The third-order valence-corrected chi connectivity index (χ3v) is 7.71. The minimum absolute atomic E-state index is 0.0585. The zero-order valence-electron chi connectivity index (χ0n) is 18.8. The molecule has 2 aliphatic rings. The molecule has 0 amide bonds. The Morgan fingerprint density at radius 2 is 2.00 bits per heavy atom. The van der Waals surface area contributed by atoms with Gasteiger partial charge in [0.05, 0.1) is 25.5 Å². The predicted molar refractivity (Wildman–Crippen MR) is 130 cm³/mol. The molecular weight excluding hydrogens is 444 g/mol. The summed E-state index contributed by atoms with van der Waals surface area (Å²) in [6, 6.07) is 9.91. The molecule has 2 heterocycles. The third-order valence-electron chi connectivity index (χ3n) is 6.05. The molecule has 1 aromatic heterocycles. The number of aliphatic carboxylic acids is 1. The zero-order chi connectivity index (χ0) is 22.8. The Kier molecular flexibility index (Phi) is 7.14. The Bertz CT molecular complexity index is 1050. The molecule has 8 heteroatoms. The number of carboxylic acids is 1. The first-order chi connectivity index (χ1) is 15.5. The van der Waals surface area contributed by atoms with E-state index in [0.29, 0.717) is 13.0 Å².